The highest BCUT2D eigenvalue weighted by atomic mass is 15.2. The predicted molar refractivity (Wildman–Crippen MR) is 94.9 cm³/mol. The molecule has 2 fully saturated rings. The van der Waals surface area contributed by atoms with Gasteiger partial charge in [0.25, 0.3) is 0 Å². The van der Waals surface area contributed by atoms with Crippen LogP contribution in [-0.2, 0) is 6.54 Å². The molecule has 5 nitrogen and oxygen atoms in total. The number of rotatable bonds is 5. The van der Waals surface area contributed by atoms with Crippen LogP contribution in [0, 0.1) is 6.92 Å². The summed E-state index contributed by atoms with van der Waals surface area (Å²) < 4.78 is 0. The Balaban J connectivity index is 1.30. The van der Waals surface area contributed by atoms with Crippen LogP contribution in [0.4, 0.5) is 5.82 Å². The number of pyridine rings is 1. The van der Waals surface area contributed by atoms with Gasteiger partial charge >= 0.3 is 0 Å². The zero-order chi connectivity index (χ0) is 16.4. The molecular formula is C19H25N5. The fraction of sp³-hybridized carbons (Fsp3) is 0.526. The van der Waals surface area contributed by atoms with Crippen molar-refractivity contribution in [3.63, 3.8) is 0 Å². The van der Waals surface area contributed by atoms with E-state index in [4.69, 9.17) is 0 Å². The van der Waals surface area contributed by atoms with Crippen molar-refractivity contribution in [3.8, 4) is 0 Å². The summed E-state index contributed by atoms with van der Waals surface area (Å²) in [4.78, 5) is 16.1. The summed E-state index contributed by atoms with van der Waals surface area (Å²) in [6.45, 7) is 5.31. The topological polar surface area (TPSA) is 53.9 Å². The number of hydrogen-bond donors (Lipinski definition) is 1. The summed E-state index contributed by atoms with van der Waals surface area (Å²) >= 11 is 0. The third-order valence-corrected chi connectivity index (χ3v) is 5.05. The third kappa shape index (κ3) is 3.73. The fourth-order valence-electron chi connectivity index (χ4n) is 3.33. The minimum atomic E-state index is 0.507. The molecule has 126 valence electrons. The van der Waals surface area contributed by atoms with Crippen LogP contribution in [0.5, 0.6) is 0 Å². The normalized spacial score (nSPS) is 19.4. The smallest absolute Gasteiger partial charge is 0.133 e. The van der Waals surface area contributed by atoms with E-state index in [0.29, 0.717) is 12.0 Å². The minimum absolute atomic E-state index is 0.507. The number of likely N-dealkylation sites (tertiary alicyclic amines) is 1. The maximum absolute atomic E-state index is 4.68. The highest BCUT2D eigenvalue weighted by Crippen LogP contribution is 2.38. The second kappa shape index (κ2) is 6.85. The van der Waals surface area contributed by atoms with Gasteiger partial charge in [-0.1, -0.05) is 6.07 Å². The van der Waals surface area contributed by atoms with Crippen LogP contribution in [0.25, 0.3) is 0 Å². The summed E-state index contributed by atoms with van der Waals surface area (Å²) in [7, 11) is 0. The lowest BCUT2D eigenvalue weighted by molar-refractivity contribution is 0.208. The molecule has 0 unspecified atom stereocenters. The molecule has 2 aromatic rings. The lowest BCUT2D eigenvalue weighted by atomic mass is 10.0. The zero-order valence-electron chi connectivity index (χ0n) is 14.3. The van der Waals surface area contributed by atoms with Crippen LogP contribution >= 0.6 is 0 Å². The highest BCUT2D eigenvalue weighted by Gasteiger charge is 2.27. The van der Waals surface area contributed by atoms with Crippen molar-refractivity contribution in [3.05, 3.63) is 47.7 Å². The quantitative estimate of drug-likeness (QED) is 0.916. The summed E-state index contributed by atoms with van der Waals surface area (Å²) in [5.74, 6) is 2.61. The molecule has 5 heteroatoms. The van der Waals surface area contributed by atoms with Crippen molar-refractivity contribution >= 4 is 5.82 Å². The predicted octanol–water partition coefficient (Wildman–Crippen LogP) is 3.13. The monoisotopic (exact) mass is 323 g/mol. The largest absolute Gasteiger partial charge is 0.367 e. The summed E-state index contributed by atoms with van der Waals surface area (Å²) in [6, 6.07) is 6.65. The number of aryl methyl sites for hydroxylation is 1. The van der Waals surface area contributed by atoms with Crippen LogP contribution in [0.2, 0.25) is 0 Å². The van der Waals surface area contributed by atoms with E-state index in [1.165, 1.54) is 24.1 Å². The SMILES string of the molecule is Cc1cccnc1CN1CCC(Nc2ccnc(C3CC3)n2)CC1. The van der Waals surface area contributed by atoms with Crippen molar-refractivity contribution in [2.45, 2.75) is 51.1 Å². The first-order chi connectivity index (χ1) is 11.8. The molecular weight excluding hydrogens is 298 g/mol. The Kier molecular flexibility index (Phi) is 4.43. The van der Waals surface area contributed by atoms with E-state index in [2.05, 4.69) is 38.2 Å². The van der Waals surface area contributed by atoms with Gasteiger partial charge in [-0.2, -0.15) is 0 Å². The minimum Gasteiger partial charge on any atom is -0.367 e. The lowest BCUT2D eigenvalue weighted by Crippen LogP contribution is -2.39. The standard InChI is InChI=1S/C19H25N5/c1-14-3-2-9-20-17(14)13-24-11-7-16(8-12-24)22-18-6-10-21-19(23-18)15-4-5-15/h2-3,6,9-10,15-16H,4-5,7-8,11-13H2,1H3,(H,21,22,23). The zero-order valence-corrected chi connectivity index (χ0v) is 14.3. The Morgan fingerprint density at radius 1 is 1.08 bits per heavy atom. The van der Waals surface area contributed by atoms with Gasteiger partial charge in [-0.05, 0) is 50.3 Å². The summed E-state index contributed by atoms with van der Waals surface area (Å²) in [5.41, 5.74) is 2.49. The Hall–Kier alpha value is -2.01. The maximum Gasteiger partial charge on any atom is 0.133 e. The molecule has 0 radical (unpaired) electrons. The second-order valence-corrected chi connectivity index (χ2v) is 7.04. The fourth-order valence-corrected chi connectivity index (χ4v) is 3.33. The molecule has 2 aromatic heterocycles. The number of aromatic nitrogens is 3. The average Bonchev–Trinajstić information content (AvgIpc) is 3.44. The van der Waals surface area contributed by atoms with Gasteiger partial charge in [0.2, 0.25) is 0 Å². The molecule has 0 atom stereocenters. The van der Waals surface area contributed by atoms with Gasteiger partial charge in [-0.15, -0.1) is 0 Å². The number of nitrogens with zero attached hydrogens (tertiary/aromatic N) is 4. The van der Waals surface area contributed by atoms with Crippen molar-refractivity contribution < 1.29 is 0 Å². The van der Waals surface area contributed by atoms with Crippen molar-refractivity contribution in [1.82, 2.24) is 19.9 Å². The molecule has 1 saturated heterocycles. The van der Waals surface area contributed by atoms with Gasteiger partial charge in [-0.25, -0.2) is 9.97 Å². The van der Waals surface area contributed by atoms with E-state index in [1.807, 2.05) is 24.5 Å². The molecule has 24 heavy (non-hydrogen) atoms. The van der Waals surface area contributed by atoms with E-state index in [1.54, 1.807) is 0 Å². The molecule has 1 N–H and O–H groups in total. The highest BCUT2D eigenvalue weighted by molar-refractivity contribution is 5.35. The Labute approximate surface area is 143 Å². The lowest BCUT2D eigenvalue weighted by Gasteiger charge is -2.32. The molecule has 1 aliphatic heterocycles. The van der Waals surface area contributed by atoms with E-state index >= 15 is 0 Å². The number of hydrogen-bond acceptors (Lipinski definition) is 5. The van der Waals surface area contributed by atoms with E-state index in [9.17, 15) is 0 Å². The number of nitrogens with one attached hydrogen (secondary N) is 1. The maximum atomic E-state index is 4.68. The van der Waals surface area contributed by atoms with E-state index in [-0.39, 0.29) is 0 Å². The first-order valence-electron chi connectivity index (χ1n) is 9.00. The summed E-state index contributed by atoms with van der Waals surface area (Å²) in [5, 5.41) is 3.61. The molecule has 4 rings (SSSR count). The average molecular weight is 323 g/mol. The van der Waals surface area contributed by atoms with Crippen LogP contribution in [-0.4, -0.2) is 39.0 Å². The van der Waals surface area contributed by atoms with Crippen LogP contribution in [0.15, 0.2) is 30.6 Å². The molecule has 1 saturated carbocycles. The first-order valence-corrected chi connectivity index (χ1v) is 9.00. The molecule has 0 spiro atoms. The molecule has 0 bridgehead atoms. The van der Waals surface area contributed by atoms with Crippen LogP contribution in [0.3, 0.4) is 0 Å². The van der Waals surface area contributed by atoms with E-state index in [0.717, 1.165) is 44.1 Å². The van der Waals surface area contributed by atoms with Crippen LogP contribution < -0.4 is 5.32 Å². The second-order valence-electron chi connectivity index (χ2n) is 7.04. The molecule has 3 heterocycles. The van der Waals surface area contributed by atoms with E-state index < -0.39 is 0 Å². The molecule has 1 aliphatic carbocycles. The van der Waals surface area contributed by atoms with Crippen LogP contribution in [0.1, 0.15) is 48.7 Å². The third-order valence-electron chi connectivity index (χ3n) is 5.05. The molecule has 0 aromatic carbocycles. The Morgan fingerprint density at radius 2 is 1.92 bits per heavy atom. The van der Waals surface area contributed by atoms with Gasteiger partial charge in [0.05, 0.1) is 5.69 Å². The summed E-state index contributed by atoms with van der Waals surface area (Å²) in [6.07, 6.45) is 8.57. The van der Waals surface area contributed by atoms with Crippen molar-refractivity contribution in [2.24, 2.45) is 0 Å². The van der Waals surface area contributed by atoms with Gasteiger partial charge in [-0.3, -0.25) is 9.88 Å². The number of anilines is 1. The molecule has 0 amide bonds. The molecule has 2 aliphatic rings. The first kappa shape index (κ1) is 15.5. The van der Waals surface area contributed by atoms with Gasteiger partial charge in [0, 0.05) is 44.0 Å². The van der Waals surface area contributed by atoms with Gasteiger partial charge < -0.3 is 5.32 Å². The van der Waals surface area contributed by atoms with Gasteiger partial charge in [0.1, 0.15) is 11.6 Å². The number of piperidine rings is 1. The Bertz CT molecular complexity index is 690. The van der Waals surface area contributed by atoms with Crippen molar-refractivity contribution in [2.75, 3.05) is 18.4 Å². The Morgan fingerprint density at radius 3 is 2.67 bits per heavy atom. The van der Waals surface area contributed by atoms with Gasteiger partial charge in [0.15, 0.2) is 0 Å². The van der Waals surface area contributed by atoms with Crippen molar-refractivity contribution in [1.29, 1.82) is 0 Å².